The SMILES string of the molecule is Cc1nc(NC(=O)c2ccc(N(C)C)c([N+](=O)[O-])c2)sc1-c1nccn1C(F)F. The van der Waals surface area contributed by atoms with Crippen LogP contribution in [0.1, 0.15) is 22.6 Å². The van der Waals surface area contributed by atoms with Gasteiger partial charge in [-0.1, -0.05) is 11.3 Å². The van der Waals surface area contributed by atoms with Crippen LogP contribution in [0.15, 0.2) is 30.6 Å². The second kappa shape index (κ2) is 7.91. The molecule has 1 N–H and O–H groups in total. The van der Waals surface area contributed by atoms with Crippen molar-refractivity contribution in [2.75, 3.05) is 24.3 Å². The number of anilines is 2. The number of hydrogen-bond acceptors (Lipinski definition) is 7. The lowest BCUT2D eigenvalue weighted by Gasteiger charge is -2.13. The summed E-state index contributed by atoms with van der Waals surface area (Å²) >= 11 is 0.989. The minimum absolute atomic E-state index is 0.0430. The Kier molecular flexibility index (Phi) is 5.55. The zero-order chi connectivity index (χ0) is 21.3. The molecule has 0 unspecified atom stereocenters. The second-order valence-corrected chi connectivity index (χ2v) is 7.18. The monoisotopic (exact) mass is 422 g/mol. The van der Waals surface area contributed by atoms with Crippen LogP contribution in [0.5, 0.6) is 0 Å². The smallest absolute Gasteiger partial charge is 0.320 e. The molecular weight excluding hydrogens is 406 g/mol. The highest BCUT2D eigenvalue weighted by atomic mass is 32.1. The van der Waals surface area contributed by atoms with Gasteiger partial charge in [-0.15, -0.1) is 0 Å². The normalized spacial score (nSPS) is 11.0. The molecule has 9 nitrogen and oxygen atoms in total. The molecule has 2 aromatic heterocycles. The quantitative estimate of drug-likeness (QED) is 0.476. The number of nitrogens with zero attached hydrogens (tertiary/aromatic N) is 5. The lowest BCUT2D eigenvalue weighted by atomic mass is 10.1. The van der Waals surface area contributed by atoms with E-state index in [2.05, 4.69) is 15.3 Å². The van der Waals surface area contributed by atoms with E-state index in [-0.39, 0.29) is 22.2 Å². The van der Waals surface area contributed by atoms with Crippen molar-refractivity contribution in [2.24, 2.45) is 0 Å². The van der Waals surface area contributed by atoms with Crippen LogP contribution in [0.3, 0.4) is 0 Å². The van der Waals surface area contributed by atoms with Gasteiger partial charge in [0.1, 0.15) is 5.69 Å². The molecule has 2 heterocycles. The van der Waals surface area contributed by atoms with Gasteiger partial charge in [-0.25, -0.2) is 9.97 Å². The Morgan fingerprint density at radius 1 is 1.38 bits per heavy atom. The van der Waals surface area contributed by atoms with Crippen LogP contribution in [0.2, 0.25) is 0 Å². The molecule has 0 aliphatic rings. The Labute approximate surface area is 167 Å². The van der Waals surface area contributed by atoms with Gasteiger partial charge in [-0.2, -0.15) is 8.78 Å². The molecule has 0 saturated carbocycles. The van der Waals surface area contributed by atoms with Gasteiger partial charge < -0.3 is 4.90 Å². The van der Waals surface area contributed by atoms with Crippen molar-refractivity contribution in [3.8, 4) is 10.7 Å². The number of thiazole rings is 1. The molecule has 3 rings (SSSR count). The summed E-state index contributed by atoms with van der Waals surface area (Å²) in [6.45, 7) is -1.15. The van der Waals surface area contributed by atoms with E-state index in [9.17, 15) is 23.7 Å². The second-order valence-electron chi connectivity index (χ2n) is 6.18. The first kappa shape index (κ1) is 20.3. The van der Waals surface area contributed by atoms with E-state index in [1.54, 1.807) is 25.9 Å². The number of carbonyl (C=O) groups excluding carboxylic acids is 1. The van der Waals surface area contributed by atoms with E-state index in [1.807, 2.05) is 0 Å². The lowest BCUT2D eigenvalue weighted by Crippen LogP contribution is -2.14. The molecule has 0 fully saturated rings. The van der Waals surface area contributed by atoms with Gasteiger partial charge in [0, 0.05) is 38.1 Å². The predicted octanol–water partition coefficient (Wildman–Crippen LogP) is 3.94. The van der Waals surface area contributed by atoms with Crippen molar-refractivity contribution in [1.29, 1.82) is 0 Å². The summed E-state index contributed by atoms with van der Waals surface area (Å²) in [4.78, 5) is 33.3. The van der Waals surface area contributed by atoms with Gasteiger partial charge in [-0.05, 0) is 19.1 Å². The van der Waals surface area contributed by atoms with E-state index >= 15 is 0 Å². The number of aryl methyl sites for hydroxylation is 1. The highest BCUT2D eigenvalue weighted by Crippen LogP contribution is 2.34. The van der Waals surface area contributed by atoms with Crippen LogP contribution < -0.4 is 10.2 Å². The number of nitro benzene ring substituents is 1. The summed E-state index contributed by atoms with van der Waals surface area (Å²) in [5, 5.41) is 14.0. The Hall–Kier alpha value is -3.41. The minimum atomic E-state index is -2.76. The number of benzene rings is 1. The number of nitro groups is 1. The summed E-state index contributed by atoms with van der Waals surface area (Å²) in [6, 6.07) is 4.11. The topological polar surface area (TPSA) is 106 Å². The van der Waals surface area contributed by atoms with Gasteiger partial charge in [0.15, 0.2) is 11.0 Å². The van der Waals surface area contributed by atoms with Gasteiger partial charge in [-0.3, -0.25) is 24.8 Å². The number of nitrogens with one attached hydrogen (secondary N) is 1. The first-order valence-corrected chi connectivity index (χ1v) is 9.06. The molecule has 0 aliphatic heterocycles. The zero-order valence-electron chi connectivity index (χ0n) is 15.6. The van der Waals surface area contributed by atoms with Crippen LogP contribution in [-0.2, 0) is 0 Å². The number of aromatic nitrogens is 3. The van der Waals surface area contributed by atoms with Crippen molar-refractivity contribution < 1.29 is 18.5 Å². The van der Waals surface area contributed by atoms with Crippen LogP contribution in [-0.4, -0.2) is 39.5 Å². The number of carbonyl (C=O) groups is 1. The largest absolute Gasteiger partial charge is 0.372 e. The lowest BCUT2D eigenvalue weighted by molar-refractivity contribution is -0.384. The molecule has 0 radical (unpaired) electrons. The Morgan fingerprint density at radius 3 is 2.72 bits per heavy atom. The third-order valence-corrected chi connectivity index (χ3v) is 5.08. The molecule has 0 saturated heterocycles. The first-order valence-electron chi connectivity index (χ1n) is 8.25. The Morgan fingerprint density at radius 2 is 2.10 bits per heavy atom. The number of rotatable bonds is 6. The fourth-order valence-electron chi connectivity index (χ4n) is 2.66. The summed E-state index contributed by atoms with van der Waals surface area (Å²) < 4.78 is 26.9. The number of alkyl halides is 2. The highest BCUT2D eigenvalue weighted by molar-refractivity contribution is 7.19. The van der Waals surface area contributed by atoms with Gasteiger partial charge in [0.2, 0.25) is 0 Å². The van der Waals surface area contributed by atoms with Crippen LogP contribution in [0.4, 0.5) is 25.3 Å². The molecule has 0 spiro atoms. The van der Waals surface area contributed by atoms with Gasteiger partial charge in [0.25, 0.3) is 11.6 Å². The molecule has 1 amide bonds. The molecule has 1 aromatic carbocycles. The molecule has 152 valence electrons. The first-order chi connectivity index (χ1) is 13.7. The molecular formula is C17H16F2N6O3S. The van der Waals surface area contributed by atoms with Gasteiger partial charge >= 0.3 is 6.55 Å². The number of halogens is 2. The summed E-state index contributed by atoms with van der Waals surface area (Å²) in [5.74, 6) is -0.558. The van der Waals surface area contributed by atoms with Crippen LogP contribution >= 0.6 is 11.3 Å². The average molecular weight is 422 g/mol. The number of hydrogen-bond donors (Lipinski definition) is 1. The van der Waals surface area contributed by atoms with Crippen molar-refractivity contribution in [1.82, 2.24) is 14.5 Å². The van der Waals surface area contributed by atoms with E-state index in [4.69, 9.17) is 0 Å². The average Bonchev–Trinajstić information content (AvgIpc) is 3.27. The van der Waals surface area contributed by atoms with E-state index < -0.39 is 17.4 Å². The zero-order valence-corrected chi connectivity index (χ0v) is 16.4. The highest BCUT2D eigenvalue weighted by Gasteiger charge is 2.22. The number of imidazole rings is 1. The van der Waals surface area contributed by atoms with Gasteiger partial charge in [0.05, 0.1) is 15.5 Å². The minimum Gasteiger partial charge on any atom is -0.372 e. The molecule has 3 aromatic rings. The maximum atomic E-state index is 13.1. The standard InChI is InChI=1S/C17H16F2N6O3S/c1-9-13(14-20-6-7-24(14)16(18)19)29-17(21-9)22-15(26)10-4-5-11(23(2)3)12(8-10)25(27)28/h4-8,16H,1-3H3,(H,21,22,26). The van der Waals surface area contributed by atoms with E-state index in [1.165, 1.54) is 24.4 Å². The maximum Gasteiger partial charge on any atom is 0.320 e. The summed E-state index contributed by atoms with van der Waals surface area (Å²) in [5.41, 5.74) is 0.647. The third kappa shape index (κ3) is 4.06. The number of amides is 1. The Balaban J connectivity index is 1.88. The maximum absolute atomic E-state index is 13.1. The molecule has 0 aliphatic carbocycles. The molecule has 12 heteroatoms. The third-order valence-electron chi connectivity index (χ3n) is 4.02. The van der Waals surface area contributed by atoms with E-state index in [0.717, 1.165) is 17.5 Å². The van der Waals surface area contributed by atoms with Crippen molar-refractivity contribution in [3.05, 3.63) is 52.0 Å². The molecule has 29 heavy (non-hydrogen) atoms. The van der Waals surface area contributed by atoms with Crippen LogP contribution in [0, 0.1) is 17.0 Å². The molecule has 0 atom stereocenters. The fourth-order valence-corrected chi connectivity index (χ4v) is 3.62. The molecule has 0 bridgehead atoms. The fraction of sp³-hybridized carbons (Fsp3) is 0.235. The Bertz CT molecular complexity index is 1080. The van der Waals surface area contributed by atoms with Crippen molar-refractivity contribution in [3.63, 3.8) is 0 Å². The summed E-state index contributed by atoms with van der Waals surface area (Å²) in [6.07, 6.45) is 2.41. The van der Waals surface area contributed by atoms with E-state index in [0.29, 0.717) is 20.8 Å². The van der Waals surface area contributed by atoms with Crippen molar-refractivity contribution in [2.45, 2.75) is 13.5 Å². The van der Waals surface area contributed by atoms with Crippen LogP contribution in [0.25, 0.3) is 10.7 Å². The summed E-state index contributed by atoms with van der Waals surface area (Å²) in [7, 11) is 3.32. The van der Waals surface area contributed by atoms with Crippen molar-refractivity contribution >= 4 is 33.8 Å². The predicted molar refractivity (Wildman–Crippen MR) is 105 cm³/mol.